The number of carbonyl (C=O) groups is 1. The Labute approximate surface area is 154 Å². The summed E-state index contributed by atoms with van der Waals surface area (Å²) in [4.78, 5) is 12.7. The number of para-hydroxylation sites is 1. The van der Waals surface area contributed by atoms with Crippen molar-refractivity contribution in [3.05, 3.63) is 59.2 Å². The number of carbonyl (C=O) groups excluding carboxylic acids is 1. The van der Waals surface area contributed by atoms with Crippen LogP contribution in [0.3, 0.4) is 0 Å². The normalized spacial score (nSPS) is 14.1. The number of rotatable bonds is 4. The molecule has 0 saturated carbocycles. The Balaban J connectivity index is 1.88. The molecule has 0 saturated heterocycles. The van der Waals surface area contributed by atoms with Crippen molar-refractivity contribution in [2.75, 3.05) is 5.32 Å². The molecule has 5 nitrogen and oxygen atoms in total. The van der Waals surface area contributed by atoms with Crippen molar-refractivity contribution in [3.63, 3.8) is 0 Å². The fraction of sp³-hybridized carbons (Fsp3) is 0.350. The summed E-state index contributed by atoms with van der Waals surface area (Å²) in [6.45, 7) is 5.32. The first-order chi connectivity index (χ1) is 12.2. The zero-order valence-corrected chi connectivity index (χ0v) is 16.1. The van der Waals surface area contributed by atoms with Crippen LogP contribution in [-0.4, -0.2) is 19.9 Å². The van der Waals surface area contributed by atoms with Gasteiger partial charge in [-0.15, -0.1) is 0 Å². The Bertz CT molecular complexity index is 944. The van der Waals surface area contributed by atoms with Crippen LogP contribution in [0.1, 0.15) is 48.7 Å². The minimum Gasteiger partial charge on any atom is -0.321 e. The quantitative estimate of drug-likeness (QED) is 0.862. The summed E-state index contributed by atoms with van der Waals surface area (Å²) in [5, 5.41) is 2.75. The van der Waals surface area contributed by atoms with Crippen molar-refractivity contribution in [2.45, 2.75) is 50.5 Å². The largest absolute Gasteiger partial charge is 0.321 e. The fourth-order valence-corrected chi connectivity index (χ4v) is 4.75. The van der Waals surface area contributed by atoms with E-state index in [4.69, 9.17) is 0 Å². The molecule has 138 valence electrons. The third-order valence-corrected chi connectivity index (χ3v) is 6.04. The Hall–Kier alpha value is -2.18. The van der Waals surface area contributed by atoms with Crippen LogP contribution in [-0.2, 0) is 22.9 Å². The molecule has 0 aromatic heterocycles. The van der Waals surface area contributed by atoms with Crippen LogP contribution in [0.25, 0.3) is 0 Å². The van der Waals surface area contributed by atoms with Gasteiger partial charge in [-0.05, 0) is 75.4 Å². The molecule has 1 amide bonds. The summed E-state index contributed by atoms with van der Waals surface area (Å²) in [6.07, 6.45) is 3.15. The van der Waals surface area contributed by atoms with Gasteiger partial charge in [0.1, 0.15) is 4.90 Å². The number of anilines is 1. The molecule has 26 heavy (non-hydrogen) atoms. The van der Waals surface area contributed by atoms with Gasteiger partial charge in [0.25, 0.3) is 5.91 Å². The highest BCUT2D eigenvalue weighted by molar-refractivity contribution is 7.89. The Kier molecular flexibility index (Phi) is 4.90. The number of fused-ring (bicyclic) bond motifs is 1. The monoisotopic (exact) mass is 372 g/mol. The van der Waals surface area contributed by atoms with Gasteiger partial charge in [-0.2, -0.15) is 0 Å². The number of aryl methyl sites for hydroxylation is 2. The molecule has 0 unspecified atom stereocenters. The van der Waals surface area contributed by atoms with Gasteiger partial charge in [-0.3, -0.25) is 4.79 Å². The predicted octanol–water partition coefficient (Wildman–Crippen LogP) is 3.50. The molecule has 0 heterocycles. The van der Waals surface area contributed by atoms with Crippen LogP contribution in [0.15, 0.2) is 47.4 Å². The Morgan fingerprint density at radius 2 is 1.69 bits per heavy atom. The average molecular weight is 372 g/mol. The van der Waals surface area contributed by atoms with Crippen molar-refractivity contribution < 1.29 is 13.2 Å². The first-order valence-electron chi connectivity index (χ1n) is 8.72. The molecule has 0 fully saturated rings. The Morgan fingerprint density at radius 1 is 1.00 bits per heavy atom. The van der Waals surface area contributed by atoms with Gasteiger partial charge in [0, 0.05) is 11.1 Å². The third-order valence-electron chi connectivity index (χ3n) is 4.23. The summed E-state index contributed by atoms with van der Waals surface area (Å²) in [6, 6.07) is 12.1. The lowest BCUT2D eigenvalue weighted by molar-refractivity contribution is 0.102. The van der Waals surface area contributed by atoms with E-state index >= 15 is 0 Å². The first-order valence-corrected chi connectivity index (χ1v) is 10.2. The fourth-order valence-electron chi connectivity index (χ4n) is 3.17. The van der Waals surface area contributed by atoms with Gasteiger partial charge in [-0.25, -0.2) is 13.1 Å². The van der Waals surface area contributed by atoms with E-state index in [-0.39, 0.29) is 16.5 Å². The highest BCUT2D eigenvalue weighted by Crippen LogP contribution is 2.25. The number of hydrogen-bond donors (Lipinski definition) is 2. The molecule has 3 rings (SSSR count). The Morgan fingerprint density at radius 3 is 2.42 bits per heavy atom. The maximum Gasteiger partial charge on any atom is 0.255 e. The molecule has 0 aliphatic heterocycles. The summed E-state index contributed by atoms with van der Waals surface area (Å²) >= 11 is 0. The minimum absolute atomic E-state index is 0.0597. The summed E-state index contributed by atoms with van der Waals surface area (Å²) < 4.78 is 28.0. The van der Waals surface area contributed by atoms with E-state index < -0.39 is 15.6 Å². The van der Waals surface area contributed by atoms with E-state index in [2.05, 4.69) is 10.0 Å². The van der Waals surface area contributed by atoms with Gasteiger partial charge in [0.2, 0.25) is 10.0 Å². The molecule has 0 radical (unpaired) electrons. The van der Waals surface area contributed by atoms with Crippen molar-refractivity contribution in [1.29, 1.82) is 0 Å². The second-order valence-corrected chi connectivity index (χ2v) is 9.29. The number of nitrogens with one attached hydrogen (secondary N) is 2. The second-order valence-electron chi connectivity index (χ2n) is 7.64. The van der Waals surface area contributed by atoms with Crippen LogP contribution in [0, 0.1) is 0 Å². The minimum atomic E-state index is -3.75. The van der Waals surface area contributed by atoms with Crippen molar-refractivity contribution in [2.24, 2.45) is 0 Å². The van der Waals surface area contributed by atoms with Gasteiger partial charge in [0.05, 0.1) is 5.69 Å². The van der Waals surface area contributed by atoms with Crippen LogP contribution in [0.5, 0.6) is 0 Å². The van der Waals surface area contributed by atoms with Gasteiger partial charge >= 0.3 is 0 Å². The van der Waals surface area contributed by atoms with E-state index in [0.29, 0.717) is 5.56 Å². The number of benzene rings is 2. The van der Waals surface area contributed by atoms with Gasteiger partial charge in [0.15, 0.2) is 0 Å². The summed E-state index contributed by atoms with van der Waals surface area (Å²) in [5.41, 5.74) is 2.69. The van der Waals surface area contributed by atoms with Crippen LogP contribution >= 0.6 is 0 Å². The molecule has 0 spiro atoms. The molecule has 1 aliphatic rings. The number of sulfonamides is 1. The molecule has 0 bridgehead atoms. The second kappa shape index (κ2) is 6.85. The van der Waals surface area contributed by atoms with E-state index in [1.165, 1.54) is 17.2 Å². The third kappa shape index (κ3) is 4.14. The lowest BCUT2D eigenvalue weighted by atomic mass is 10.1. The van der Waals surface area contributed by atoms with Crippen molar-refractivity contribution >= 4 is 21.6 Å². The highest BCUT2D eigenvalue weighted by Gasteiger charge is 2.25. The molecular formula is C20H24N2O3S. The predicted molar refractivity (Wildman–Crippen MR) is 103 cm³/mol. The van der Waals surface area contributed by atoms with Crippen molar-refractivity contribution in [1.82, 2.24) is 4.72 Å². The maximum absolute atomic E-state index is 12.7. The molecule has 6 heteroatoms. The highest BCUT2D eigenvalue weighted by atomic mass is 32.2. The lowest BCUT2D eigenvalue weighted by Crippen LogP contribution is -2.40. The standard InChI is InChI=1S/C20H24N2O3S/c1-20(2,3)22-26(24,25)18-10-5-4-9-17(18)21-19(23)16-12-11-14-7-6-8-15(14)13-16/h4-5,9-13,22H,6-8H2,1-3H3,(H,21,23). The number of amides is 1. The molecule has 2 aromatic carbocycles. The van der Waals surface area contributed by atoms with E-state index in [9.17, 15) is 13.2 Å². The molecule has 2 N–H and O–H groups in total. The lowest BCUT2D eigenvalue weighted by Gasteiger charge is -2.21. The zero-order valence-electron chi connectivity index (χ0n) is 15.3. The zero-order chi connectivity index (χ0) is 18.9. The topological polar surface area (TPSA) is 75.3 Å². The first kappa shape index (κ1) is 18.6. The van der Waals surface area contributed by atoms with Gasteiger partial charge in [-0.1, -0.05) is 18.2 Å². The van der Waals surface area contributed by atoms with E-state index in [1.54, 1.807) is 45.0 Å². The smallest absolute Gasteiger partial charge is 0.255 e. The summed E-state index contributed by atoms with van der Waals surface area (Å²) in [5.74, 6) is -0.307. The van der Waals surface area contributed by atoms with E-state index in [1.807, 2.05) is 12.1 Å². The molecule has 0 atom stereocenters. The van der Waals surface area contributed by atoms with Crippen molar-refractivity contribution in [3.8, 4) is 0 Å². The average Bonchev–Trinajstić information content (AvgIpc) is 3.00. The number of hydrogen-bond acceptors (Lipinski definition) is 3. The van der Waals surface area contributed by atoms with Crippen LogP contribution in [0.2, 0.25) is 0 Å². The van der Waals surface area contributed by atoms with Crippen LogP contribution in [0.4, 0.5) is 5.69 Å². The SMILES string of the molecule is CC(C)(C)NS(=O)(=O)c1ccccc1NC(=O)c1ccc2c(c1)CCC2. The molecular weight excluding hydrogens is 348 g/mol. The molecule has 2 aromatic rings. The van der Waals surface area contributed by atoms with Gasteiger partial charge < -0.3 is 5.32 Å². The van der Waals surface area contributed by atoms with E-state index in [0.717, 1.165) is 19.3 Å². The molecule has 1 aliphatic carbocycles. The summed E-state index contributed by atoms with van der Waals surface area (Å²) in [7, 11) is -3.75. The maximum atomic E-state index is 12.7. The van der Waals surface area contributed by atoms with Crippen LogP contribution < -0.4 is 10.0 Å².